The molecule has 0 amide bonds. The molecule has 0 saturated carbocycles. The maximum Gasteiger partial charge on any atom is 0.311 e. The molecular formula is C19H24N2O2. The van der Waals surface area contributed by atoms with Crippen molar-refractivity contribution >= 4 is 16.9 Å². The highest BCUT2D eigenvalue weighted by molar-refractivity contribution is 5.85. The van der Waals surface area contributed by atoms with Crippen molar-refractivity contribution < 1.29 is 9.53 Å². The predicted molar refractivity (Wildman–Crippen MR) is 90.3 cm³/mol. The van der Waals surface area contributed by atoms with Crippen LogP contribution in [-0.2, 0) is 16.0 Å². The van der Waals surface area contributed by atoms with Gasteiger partial charge in [0.15, 0.2) is 0 Å². The first kappa shape index (κ1) is 14.8. The summed E-state index contributed by atoms with van der Waals surface area (Å²) in [5.74, 6) is -0.0390. The molecule has 2 aliphatic rings. The summed E-state index contributed by atoms with van der Waals surface area (Å²) < 4.78 is 5.14. The minimum absolute atomic E-state index is 0.0390. The van der Waals surface area contributed by atoms with Gasteiger partial charge in [-0.3, -0.25) is 9.69 Å². The van der Waals surface area contributed by atoms with Crippen molar-refractivity contribution in [3.8, 4) is 0 Å². The number of fused-ring (bicyclic) bond motifs is 5. The number of aromatic nitrogens is 1. The first-order valence-electron chi connectivity index (χ1n) is 8.60. The Bertz CT molecular complexity index is 751. The van der Waals surface area contributed by atoms with E-state index in [0.717, 1.165) is 38.8 Å². The topological polar surface area (TPSA) is 45.3 Å². The average molecular weight is 312 g/mol. The number of piperidine rings is 1. The Morgan fingerprint density at radius 2 is 2.22 bits per heavy atom. The maximum atomic E-state index is 12.4. The zero-order valence-electron chi connectivity index (χ0n) is 13.9. The molecule has 122 valence electrons. The highest BCUT2D eigenvalue weighted by Crippen LogP contribution is 2.48. The molecule has 0 spiro atoms. The Balaban J connectivity index is 1.77. The van der Waals surface area contributed by atoms with Gasteiger partial charge in [-0.2, -0.15) is 0 Å². The van der Waals surface area contributed by atoms with Crippen LogP contribution in [0.15, 0.2) is 24.3 Å². The summed E-state index contributed by atoms with van der Waals surface area (Å²) in [7, 11) is 1.52. The van der Waals surface area contributed by atoms with Crippen LogP contribution >= 0.6 is 0 Å². The van der Waals surface area contributed by atoms with Gasteiger partial charge in [-0.15, -0.1) is 0 Å². The quantitative estimate of drug-likeness (QED) is 0.864. The third-order valence-corrected chi connectivity index (χ3v) is 6.03. The lowest BCUT2D eigenvalue weighted by molar-refractivity contribution is -0.158. The molecule has 1 aromatic carbocycles. The number of esters is 1. The molecule has 1 aromatic heterocycles. The highest BCUT2D eigenvalue weighted by Gasteiger charge is 2.47. The summed E-state index contributed by atoms with van der Waals surface area (Å²) in [4.78, 5) is 18.6. The van der Waals surface area contributed by atoms with Crippen LogP contribution in [0.1, 0.15) is 43.5 Å². The predicted octanol–water partition coefficient (Wildman–Crippen LogP) is 3.43. The van der Waals surface area contributed by atoms with Crippen LogP contribution in [0.25, 0.3) is 10.9 Å². The van der Waals surface area contributed by atoms with E-state index in [9.17, 15) is 4.79 Å². The summed E-state index contributed by atoms with van der Waals surface area (Å²) >= 11 is 0. The molecule has 0 bridgehead atoms. The molecule has 4 heteroatoms. The molecule has 4 rings (SSSR count). The monoisotopic (exact) mass is 312 g/mol. The van der Waals surface area contributed by atoms with E-state index in [4.69, 9.17) is 4.74 Å². The van der Waals surface area contributed by atoms with E-state index in [2.05, 4.69) is 41.1 Å². The number of benzene rings is 1. The van der Waals surface area contributed by atoms with Crippen molar-refractivity contribution in [2.75, 3.05) is 20.2 Å². The molecule has 0 radical (unpaired) electrons. The number of hydrogen-bond donors (Lipinski definition) is 1. The molecule has 4 nitrogen and oxygen atoms in total. The fourth-order valence-electron chi connectivity index (χ4n) is 4.56. The fourth-order valence-corrected chi connectivity index (χ4v) is 4.56. The molecule has 3 heterocycles. The van der Waals surface area contributed by atoms with Crippen LogP contribution in [0.5, 0.6) is 0 Å². The second-order valence-corrected chi connectivity index (χ2v) is 6.94. The second-order valence-electron chi connectivity index (χ2n) is 6.94. The lowest BCUT2D eigenvalue weighted by atomic mass is 9.71. The van der Waals surface area contributed by atoms with E-state index in [1.807, 2.05) is 0 Å². The summed E-state index contributed by atoms with van der Waals surface area (Å²) in [5, 5.41) is 1.34. The number of para-hydroxylation sites is 1. The molecule has 23 heavy (non-hydrogen) atoms. The molecule has 1 saturated heterocycles. The normalized spacial score (nSPS) is 27.5. The van der Waals surface area contributed by atoms with Crippen molar-refractivity contribution in [1.29, 1.82) is 0 Å². The van der Waals surface area contributed by atoms with Gasteiger partial charge in [0.2, 0.25) is 0 Å². The number of carbonyl (C=O) groups excluding carboxylic acids is 1. The number of aromatic amines is 1. The van der Waals surface area contributed by atoms with E-state index in [0.29, 0.717) is 6.04 Å². The van der Waals surface area contributed by atoms with Crippen LogP contribution in [-0.4, -0.2) is 36.1 Å². The van der Waals surface area contributed by atoms with Gasteiger partial charge in [0.1, 0.15) is 0 Å². The van der Waals surface area contributed by atoms with Crippen molar-refractivity contribution in [3.63, 3.8) is 0 Å². The summed E-state index contributed by atoms with van der Waals surface area (Å²) in [6.45, 7) is 4.17. The van der Waals surface area contributed by atoms with Gasteiger partial charge in [-0.05, 0) is 43.9 Å². The molecular weight excluding hydrogens is 288 g/mol. The Morgan fingerprint density at radius 3 is 3.00 bits per heavy atom. The molecule has 1 fully saturated rings. The van der Waals surface area contributed by atoms with Crippen molar-refractivity contribution in [2.24, 2.45) is 5.41 Å². The van der Waals surface area contributed by atoms with Gasteiger partial charge < -0.3 is 9.72 Å². The SMILES string of the molecule is CCC1(C(=O)OC)CCN2CCc3c([nH]c4ccccc34)C2C1. The van der Waals surface area contributed by atoms with Gasteiger partial charge in [-0.1, -0.05) is 25.1 Å². The van der Waals surface area contributed by atoms with Gasteiger partial charge in [-0.25, -0.2) is 0 Å². The Kier molecular flexibility index (Phi) is 3.45. The lowest BCUT2D eigenvalue weighted by Crippen LogP contribution is -2.48. The number of nitrogens with zero attached hydrogens (tertiary/aromatic N) is 1. The Hall–Kier alpha value is -1.81. The van der Waals surface area contributed by atoms with E-state index in [1.54, 1.807) is 0 Å². The zero-order chi connectivity index (χ0) is 16.0. The summed E-state index contributed by atoms with van der Waals surface area (Å²) in [5.41, 5.74) is 3.64. The fraction of sp³-hybridized carbons (Fsp3) is 0.526. The van der Waals surface area contributed by atoms with Crippen molar-refractivity contribution in [3.05, 3.63) is 35.5 Å². The van der Waals surface area contributed by atoms with Crippen molar-refractivity contribution in [2.45, 2.75) is 38.6 Å². The van der Waals surface area contributed by atoms with Crippen molar-refractivity contribution in [1.82, 2.24) is 9.88 Å². The Labute approximate surface area is 136 Å². The molecule has 2 aliphatic heterocycles. The number of H-pyrrole nitrogens is 1. The number of hydrogen-bond acceptors (Lipinski definition) is 3. The second kappa shape index (κ2) is 5.38. The standard InChI is InChI=1S/C19H24N2O2/c1-3-19(18(22)23-2)9-11-21-10-8-14-13-6-4-5-7-15(13)20-17(14)16(21)12-19/h4-7,16,20H,3,8-12H2,1-2H3. The summed E-state index contributed by atoms with van der Waals surface area (Å²) in [6.07, 6.45) is 3.70. The van der Waals surface area contributed by atoms with E-state index < -0.39 is 0 Å². The Morgan fingerprint density at radius 1 is 1.39 bits per heavy atom. The van der Waals surface area contributed by atoms with E-state index >= 15 is 0 Å². The largest absolute Gasteiger partial charge is 0.469 e. The van der Waals surface area contributed by atoms with Gasteiger partial charge in [0, 0.05) is 23.1 Å². The average Bonchev–Trinajstić information content (AvgIpc) is 2.99. The first-order valence-corrected chi connectivity index (χ1v) is 8.60. The lowest BCUT2D eigenvalue weighted by Gasteiger charge is -2.46. The number of ether oxygens (including phenoxy) is 1. The third kappa shape index (κ3) is 2.12. The molecule has 2 aromatic rings. The zero-order valence-corrected chi connectivity index (χ0v) is 13.9. The number of nitrogens with one attached hydrogen (secondary N) is 1. The summed E-state index contributed by atoms with van der Waals surface area (Å²) in [6, 6.07) is 8.84. The maximum absolute atomic E-state index is 12.4. The van der Waals surface area contributed by atoms with E-state index in [1.165, 1.54) is 29.3 Å². The minimum atomic E-state index is -0.332. The molecule has 2 atom stereocenters. The highest BCUT2D eigenvalue weighted by atomic mass is 16.5. The van der Waals surface area contributed by atoms with Crippen LogP contribution in [0, 0.1) is 5.41 Å². The number of rotatable bonds is 2. The van der Waals surface area contributed by atoms with Crippen LogP contribution in [0.2, 0.25) is 0 Å². The van der Waals surface area contributed by atoms with E-state index in [-0.39, 0.29) is 11.4 Å². The third-order valence-electron chi connectivity index (χ3n) is 6.03. The van der Waals surface area contributed by atoms with Gasteiger partial charge >= 0.3 is 5.97 Å². The number of methoxy groups -OCH3 is 1. The minimum Gasteiger partial charge on any atom is -0.469 e. The number of carbonyl (C=O) groups is 1. The molecule has 1 N–H and O–H groups in total. The molecule has 2 unspecified atom stereocenters. The van der Waals surface area contributed by atoms with Gasteiger partial charge in [0.25, 0.3) is 0 Å². The van der Waals surface area contributed by atoms with Gasteiger partial charge in [0.05, 0.1) is 18.6 Å². The van der Waals surface area contributed by atoms with Crippen LogP contribution in [0.3, 0.4) is 0 Å². The smallest absolute Gasteiger partial charge is 0.311 e. The first-order chi connectivity index (χ1) is 11.2. The van der Waals surface area contributed by atoms with Crippen LogP contribution < -0.4 is 0 Å². The van der Waals surface area contributed by atoms with Crippen LogP contribution in [0.4, 0.5) is 0 Å². The molecule has 0 aliphatic carbocycles.